The fourth-order valence-electron chi connectivity index (χ4n) is 1.89. The highest BCUT2D eigenvalue weighted by atomic mass is 19.4. The van der Waals surface area contributed by atoms with Gasteiger partial charge >= 0.3 is 6.36 Å². The van der Waals surface area contributed by atoms with Gasteiger partial charge in [0.25, 0.3) is 0 Å². The largest absolute Gasteiger partial charge is 0.573 e. The van der Waals surface area contributed by atoms with Crippen molar-refractivity contribution in [3.05, 3.63) is 24.3 Å². The van der Waals surface area contributed by atoms with Crippen molar-refractivity contribution in [3.8, 4) is 5.75 Å². The summed E-state index contributed by atoms with van der Waals surface area (Å²) in [7, 11) is 0. The van der Waals surface area contributed by atoms with Gasteiger partial charge in [-0.1, -0.05) is 6.07 Å². The quantitative estimate of drug-likeness (QED) is 0.628. The van der Waals surface area contributed by atoms with Gasteiger partial charge < -0.3 is 21.1 Å². The molecule has 0 unspecified atom stereocenters. The number of hydrogen-bond donors (Lipinski definition) is 3. The summed E-state index contributed by atoms with van der Waals surface area (Å²) >= 11 is 0. The zero-order chi connectivity index (χ0) is 18.2. The molecular weight excluding hydrogens is 327 g/mol. The lowest BCUT2D eigenvalue weighted by atomic mass is 10.1. The van der Waals surface area contributed by atoms with Crippen molar-refractivity contribution >= 4 is 17.5 Å². The molecule has 0 aromatic heterocycles. The van der Waals surface area contributed by atoms with E-state index in [2.05, 4.69) is 15.4 Å². The fraction of sp³-hybridized carbons (Fsp3) is 0.467. The van der Waals surface area contributed by atoms with Gasteiger partial charge in [0.2, 0.25) is 11.8 Å². The lowest BCUT2D eigenvalue weighted by Gasteiger charge is -2.14. The maximum atomic E-state index is 12.2. The number of nitrogens with one attached hydrogen (secondary N) is 2. The number of alkyl halides is 3. The highest BCUT2D eigenvalue weighted by Gasteiger charge is 2.31. The number of unbranched alkanes of at least 4 members (excludes halogenated alkanes) is 1. The summed E-state index contributed by atoms with van der Waals surface area (Å²) in [6, 6.07) is 4.16. The maximum absolute atomic E-state index is 12.2. The van der Waals surface area contributed by atoms with Crippen LogP contribution in [0.5, 0.6) is 5.75 Å². The van der Waals surface area contributed by atoms with Crippen molar-refractivity contribution in [1.82, 2.24) is 5.32 Å². The molecule has 0 aliphatic heterocycles. The van der Waals surface area contributed by atoms with E-state index in [1.54, 1.807) is 0 Å². The highest BCUT2D eigenvalue weighted by molar-refractivity contribution is 5.94. The van der Waals surface area contributed by atoms with Gasteiger partial charge in [0.1, 0.15) is 5.75 Å². The number of carbonyl (C=O) groups is 2. The van der Waals surface area contributed by atoms with Crippen molar-refractivity contribution in [2.45, 2.75) is 38.6 Å². The molecule has 0 fully saturated rings. The van der Waals surface area contributed by atoms with Crippen LogP contribution in [-0.4, -0.2) is 30.8 Å². The number of hydrogen-bond acceptors (Lipinski definition) is 4. The van der Waals surface area contributed by atoms with Crippen molar-refractivity contribution in [2.75, 3.05) is 11.9 Å². The second-order valence-corrected chi connectivity index (χ2v) is 5.15. The normalized spacial score (nSPS) is 12.4. The lowest BCUT2D eigenvalue weighted by molar-refractivity contribution is -0.274. The molecule has 24 heavy (non-hydrogen) atoms. The van der Waals surface area contributed by atoms with Gasteiger partial charge in [-0.2, -0.15) is 0 Å². The van der Waals surface area contributed by atoms with Crippen LogP contribution in [0.2, 0.25) is 0 Å². The first-order valence-electron chi connectivity index (χ1n) is 7.34. The van der Waals surface area contributed by atoms with Crippen LogP contribution in [0.4, 0.5) is 18.9 Å². The SMILES string of the molecule is CC(=O)NCCCC[C@@H](N)C(=O)Nc1cccc(OC(F)(F)F)c1. The van der Waals surface area contributed by atoms with Crippen molar-refractivity contribution in [3.63, 3.8) is 0 Å². The van der Waals surface area contributed by atoms with E-state index >= 15 is 0 Å². The number of ether oxygens (including phenoxy) is 1. The molecule has 0 aliphatic carbocycles. The summed E-state index contributed by atoms with van der Waals surface area (Å²) in [5, 5.41) is 5.07. The van der Waals surface area contributed by atoms with Gasteiger partial charge in [-0.15, -0.1) is 13.2 Å². The standard InChI is InChI=1S/C15H20F3N3O3/c1-10(22)20-8-3-2-7-13(19)14(23)21-11-5-4-6-12(9-11)24-15(16,17)18/h4-6,9,13H,2-3,7-8,19H2,1H3,(H,20,22)(H,21,23)/t13-/m1/s1. The van der Waals surface area contributed by atoms with E-state index in [-0.39, 0.29) is 11.6 Å². The predicted octanol–water partition coefficient (Wildman–Crippen LogP) is 2.16. The number of halogens is 3. The molecule has 0 spiro atoms. The second-order valence-electron chi connectivity index (χ2n) is 5.15. The molecule has 0 saturated carbocycles. The van der Waals surface area contributed by atoms with Crippen LogP contribution < -0.4 is 21.1 Å². The molecule has 0 bridgehead atoms. The molecule has 4 N–H and O–H groups in total. The smallest absolute Gasteiger partial charge is 0.406 e. The van der Waals surface area contributed by atoms with Gasteiger partial charge in [-0.25, -0.2) is 0 Å². The van der Waals surface area contributed by atoms with Gasteiger partial charge in [0, 0.05) is 25.2 Å². The molecular formula is C15H20F3N3O3. The monoisotopic (exact) mass is 347 g/mol. The minimum absolute atomic E-state index is 0.127. The van der Waals surface area contributed by atoms with Crippen molar-refractivity contribution < 1.29 is 27.5 Å². The van der Waals surface area contributed by atoms with Crippen LogP contribution in [0.1, 0.15) is 26.2 Å². The van der Waals surface area contributed by atoms with E-state index in [4.69, 9.17) is 5.73 Å². The molecule has 0 radical (unpaired) electrons. The zero-order valence-corrected chi connectivity index (χ0v) is 13.2. The van der Waals surface area contributed by atoms with Gasteiger partial charge in [0.15, 0.2) is 0 Å². The summed E-state index contributed by atoms with van der Waals surface area (Å²) in [5.74, 6) is -1.05. The molecule has 6 nitrogen and oxygen atoms in total. The van der Waals surface area contributed by atoms with Gasteiger partial charge in [0.05, 0.1) is 6.04 Å². The summed E-state index contributed by atoms with van der Waals surface area (Å²) in [5.41, 5.74) is 5.90. The Balaban J connectivity index is 2.43. The first kappa shape index (κ1) is 19.8. The predicted molar refractivity (Wildman–Crippen MR) is 82.3 cm³/mol. The summed E-state index contributed by atoms with van der Waals surface area (Å²) in [4.78, 5) is 22.6. The van der Waals surface area contributed by atoms with Crippen LogP contribution >= 0.6 is 0 Å². The summed E-state index contributed by atoms with van der Waals surface area (Å²) in [6.07, 6.45) is -3.10. The number of benzene rings is 1. The molecule has 1 aromatic rings. The van der Waals surface area contributed by atoms with E-state index in [0.29, 0.717) is 25.8 Å². The number of carbonyl (C=O) groups excluding carboxylic acids is 2. The van der Waals surface area contributed by atoms with E-state index in [0.717, 1.165) is 12.1 Å². The third-order valence-electron chi connectivity index (χ3n) is 2.99. The minimum atomic E-state index is -4.80. The average molecular weight is 347 g/mol. The van der Waals surface area contributed by atoms with E-state index in [1.165, 1.54) is 19.1 Å². The third-order valence-corrected chi connectivity index (χ3v) is 2.99. The molecule has 0 heterocycles. The van der Waals surface area contributed by atoms with E-state index in [1.807, 2.05) is 0 Å². The number of anilines is 1. The number of rotatable bonds is 8. The number of amides is 2. The van der Waals surface area contributed by atoms with Crippen LogP contribution in [-0.2, 0) is 9.59 Å². The van der Waals surface area contributed by atoms with Gasteiger partial charge in [-0.05, 0) is 31.4 Å². The first-order valence-corrected chi connectivity index (χ1v) is 7.34. The second kappa shape index (κ2) is 9.11. The Labute approximate surface area is 137 Å². The van der Waals surface area contributed by atoms with E-state index < -0.39 is 24.1 Å². The van der Waals surface area contributed by atoms with Crippen LogP contribution in [0.3, 0.4) is 0 Å². The Morgan fingerprint density at radius 2 is 2.00 bits per heavy atom. The van der Waals surface area contributed by atoms with Crippen LogP contribution in [0, 0.1) is 0 Å². The zero-order valence-electron chi connectivity index (χ0n) is 13.2. The summed E-state index contributed by atoms with van der Waals surface area (Å²) in [6.45, 7) is 1.91. The number of nitrogens with two attached hydrogens (primary N) is 1. The molecule has 1 rings (SSSR count). The van der Waals surface area contributed by atoms with Crippen molar-refractivity contribution in [1.29, 1.82) is 0 Å². The highest BCUT2D eigenvalue weighted by Crippen LogP contribution is 2.25. The molecule has 2 amide bonds. The van der Waals surface area contributed by atoms with Crippen LogP contribution in [0.25, 0.3) is 0 Å². The average Bonchev–Trinajstić information content (AvgIpc) is 2.44. The topological polar surface area (TPSA) is 93.5 Å². The lowest BCUT2D eigenvalue weighted by Crippen LogP contribution is -2.35. The molecule has 1 atom stereocenters. The minimum Gasteiger partial charge on any atom is -0.406 e. The van der Waals surface area contributed by atoms with Crippen LogP contribution in [0.15, 0.2) is 24.3 Å². The van der Waals surface area contributed by atoms with Crippen molar-refractivity contribution in [2.24, 2.45) is 5.73 Å². The van der Waals surface area contributed by atoms with E-state index in [9.17, 15) is 22.8 Å². The fourth-order valence-corrected chi connectivity index (χ4v) is 1.89. The molecule has 9 heteroatoms. The Hall–Kier alpha value is -2.29. The molecule has 1 aromatic carbocycles. The Bertz CT molecular complexity index is 564. The molecule has 0 saturated heterocycles. The Morgan fingerprint density at radius 1 is 1.29 bits per heavy atom. The molecule has 0 aliphatic rings. The Morgan fingerprint density at radius 3 is 2.62 bits per heavy atom. The Kier molecular flexibility index (Phi) is 7.50. The summed E-state index contributed by atoms with van der Waals surface area (Å²) < 4.78 is 40.3. The van der Waals surface area contributed by atoms with Gasteiger partial charge in [-0.3, -0.25) is 9.59 Å². The molecule has 134 valence electrons. The maximum Gasteiger partial charge on any atom is 0.573 e. The third kappa shape index (κ3) is 8.37. The first-order chi connectivity index (χ1) is 11.2.